The molecule has 0 rings (SSSR count). The highest BCUT2D eigenvalue weighted by molar-refractivity contribution is 6.26. The molecule has 0 saturated carbocycles. The zero-order valence-electron chi connectivity index (χ0n) is 5.27. The van der Waals surface area contributed by atoms with Crippen molar-refractivity contribution in [3.05, 3.63) is 0 Å². The molecular weight excluding hydrogens is 103 g/mol. The van der Waals surface area contributed by atoms with Gasteiger partial charge in [-0.3, -0.25) is 0 Å². The molecule has 1 radical (unpaired) electrons. The van der Waals surface area contributed by atoms with Crippen LogP contribution in [-0.2, 0) is 3.79 Å². The molecule has 7 heavy (non-hydrogen) atoms. The van der Waals surface area contributed by atoms with Crippen LogP contribution in [0, 0.1) is 5.92 Å². The molecule has 0 unspecified atom stereocenters. The zero-order chi connectivity index (χ0) is 5.70. The van der Waals surface area contributed by atoms with E-state index in [2.05, 4.69) is 13.8 Å². The maximum absolute atomic E-state index is 4.94. The van der Waals surface area contributed by atoms with Crippen molar-refractivity contribution >= 4 is 15.6 Å². The van der Waals surface area contributed by atoms with Crippen molar-refractivity contribution in [2.45, 2.75) is 19.1 Å². The summed E-state index contributed by atoms with van der Waals surface area (Å²) in [5.41, 5.74) is 0. The lowest BCUT2D eigenvalue weighted by Crippen LogP contribution is -1.97. The normalized spacial score (nSPS) is 9.71. The van der Waals surface area contributed by atoms with E-state index in [1.165, 1.54) is 5.28 Å². The first kappa shape index (κ1) is 7.49. The Balaban J connectivity index is 0. The number of rotatable bonds is 3. The van der Waals surface area contributed by atoms with Gasteiger partial charge in [0.2, 0.25) is 0 Å². The van der Waals surface area contributed by atoms with E-state index < -0.39 is 0 Å². The first-order valence-electron chi connectivity index (χ1n) is 2.62. The fourth-order valence-electron chi connectivity index (χ4n) is 0.289. The number of hydrogen-bond donors (Lipinski definition) is 0. The van der Waals surface area contributed by atoms with Gasteiger partial charge in [0.1, 0.15) is 0 Å². The second kappa shape index (κ2) is 4.65. The quantitative estimate of drug-likeness (QED) is 0.510. The molecule has 0 heterocycles. The topological polar surface area (TPSA) is 9.23 Å². The van der Waals surface area contributed by atoms with E-state index in [1.807, 2.05) is 0 Å². The highest BCUT2D eigenvalue weighted by atomic mass is 27.1. The third kappa shape index (κ3) is 6.49. The van der Waals surface area contributed by atoms with Gasteiger partial charge in [-0.2, -0.15) is 0 Å². The fraction of sp³-hybridized carbons (Fsp3) is 1.00. The van der Waals surface area contributed by atoms with Gasteiger partial charge in [0, 0.05) is 8.54 Å². The van der Waals surface area contributed by atoms with Crippen LogP contribution in [0.25, 0.3) is 0 Å². The maximum atomic E-state index is 4.94. The molecule has 1 nitrogen and oxygen atoms in total. The van der Waals surface area contributed by atoms with Crippen LogP contribution in [0.5, 0.6) is 0 Å². The Morgan fingerprint density at radius 1 is 1.71 bits per heavy atom. The first-order chi connectivity index (χ1) is 3.27. The van der Waals surface area contributed by atoms with Crippen LogP contribution in [0.4, 0.5) is 0 Å². The third-order valence-electron chi connectivity index (χ3n) is 0.734. The van der Waals surface area contributed by atoms with E-state index in [0.717, 1.165) is 5.92 Å². The molecular formula is C5H14AlO. The molecule has 0 fully saturated rings. The molecule has 0 N–H and O–H groups in total. The lowest BCUT2D eigenvalue weighted by atomic mass is 10.3. The van der Waals surface area contributed by atoms with Crippen molar-refractivity contribution in [2.24, 2.45) is 5.92 Å². The van der Waals surface area contributed by atoms with Crippen LogP contribution in [0.1, 0.15) is 15.3 Å². The third-order valence-corrected chi connectivity index (χ3v) is 2.20. The Morgan fingerprint density at radius 2 is 2.29 bits per heavy atom. The summed E-state index contributed by atoms with van der Waals surface area (Å²) >= 11 is 0.285. The first-order valence-corrected chi connectivity index (χ1v) is 3.90. The summed E-state index contributed by atoms with van der Waals surface area (Å²) in [6.07, 6.45) is 0. The van der Waals surface area contributed by atoms with Gasteiger partial charge in [-0.05, 0) is 0 Å². The predicted molar refractivity (Wildman–Crippen MR) is 34.5 cm³/mol. The average Bonchev–Trinajstić information content (AvgIpc) is 1.61. The van der Waals surface area contributed by atoms with E-state index in [-0.39, 0.29) is 17.0 Å². The molecule has 0 amide bonds. The maximum Gasteiger partial charge on any atom is 0.423 e. The molecule has 43 valence electrons. The monoisotopic (exact) mass is 117 g/mol. The highest BCUT2D eigenvalue weighted by Gasteiger charge is 1.94. The highest BCUT2D eigenvalue weighted by Crippen LogP contribution is 1.96. The molecule has 0 spiro atoms. The molecule has 0 atom stereocenters. The largest absolute Gasteiger partial charge is 0.509 e. The summed E-state index contributed by atoms with van der Waals surface area (Å²) in [5, 5.41) is 1.26. The lowest BCUT2D eigenvalue weighted by molar-refractivity contribution is 0.434. The molecule has 0 bridgehead atoms. The Kier molecular flexibility index (Phi) is 4.97. The van der Waals surface area contributed by atoms with Crippen molar-refractivity contribution in [1.82, 2.24) is 0 Å². The van der Waals surface area contributed by atoms with Crippen molar-refractivity contribution < 1.29 is 5.22 Å². The molecule has 0 aromatic heterocycles. The van der Waals surface area contributed by atoms with E-state index in [4.69, 9.17) is 3.79 Å². The Morgan fingerprint density at radius 3 is 2.43 bits per heavy atom. The standard InChI is InChI=1S/C4H9.CH3O.Al.H2/c1-4(2)3;1-2;;/h4H,1H2,2-3H3;1H3;;1H/q;-1;+1;. The van der Waals surface area contributed by atoms with E-state index >= 15 is 0 Å². The lowest BCUT2D eigenvalue weighted by Gasteiger charge is -1.97. The van der Waals surface area contributed by atoms with Crippen LogP contribution in [0.2, 0.25) is 5.28 Å². The fourth-order valence-corrected chi connectivity index (χ4v) is 0.866. The Labute approximate surface area is 53.6 Å². The molecule has 2 heteroatoms. The summed E-state index contributed by atoms with van der Waals surface area (Å²) in [4.78, 5) is 0. The van der Waals surface area contributed by atoms with Gasteiger partial charge in [-0.1, -0.05) is 25.0 Å². The van der Waals surface area contributed by atoms with Crippen LogP contribution in [0.15, 0.2) is 0 Å². The minimum absolute atomic E-state index is 0. The van der Waals surface area contributed by atoms with Crippen LogP contribution >= 0.6 is 0 Å². The minimum atomic E-state index is 0. The smallest absolute Gasteiger partial charge is 0.423 e. The SMILES string of the molecule is C[O][Al][CH2]C(C)C.[HH]. The molecule has 0 aromatic carbocycles. The van der Waals surface area contributed by atoms with Gasteiger partial charge in [0.05, 0.1) is 0 Å². The number of hydrogen-bond acceptors (Lipinski definition) is 1. The molecule has 0 aliphatic heterocycles. The summed E-state index contributed by atoms with van der Waals surface area (Å²) in [7, 11) is 1.78. The van der Waals surface area contributed by atoms with E-state index in [0.29, 0.717) is 0 Å². The summed E-state index contributed by atoms with van der Waals surface area (Å²) in [6.45, 7) is 4.43. The summed E-state index contributed by atoms with van der Waals surface area (Å²) in [6, 6.07) is 0. The predicted octanol–water partition coefficient (Wildman–Crippen LogP) is 1.57. The second-order valence-corrected chi connectivity index (χ2v) is 3.31. The van der Waals surface area contributed by atoms with Crippen molar-refractivity contribution in [3.8, 4) is 0 Å². The van der Waals surface area contributed by atoms with Gasteiger partial charge in [-0.25, -0.2) is 0 Å². The van der Waals surface area contributed by atoms with Crippen LogP contribution < -0.4 is 0 Å². The van der Waals surface area contributed by atoms with E-state index in [9.17, 15) is 0 Å². The molecule has 0 aliphatic carbocycles. The Hall–Kier alpha value is 0.492. The summed E-state index contributed by atoms with van der Waals surface area (Å²) < 4.78 is 4.94. The van der Waals surface area contributed by atoms with Gasteiger partial charge >= 0.3 is 15.6 Å². The average molecular weight is 117 g/mol. The van der Waals surface area contributed by atoms with Crippen molar-refractivity contribution in [2.75, 3.05) is 7.11 Å². The van der Waals surface area contributed by atoms with E-state index in [1.54, 1.807) is 7.11 Å². The second-order valence-electron chi connectivity index (χ2n) is 2.03. The minimum Gasteiger partial charge on any atom is -0.509 e. The van der Waals surface area contributed by atoms with Crippen molar-refractivity contribution in [1.29, 1.82) is 0 Å². The van der Waals surface area contributed by atoms with Gasteiger partial charge < -0.3 is 3.79 Å². The van der Waals surface area contributed by atoms with Gasteiger partial charge in [-0.15, -0.1) is 0 Å². The zero-order valence-corrected chi connectivity index (χ0v) is 6.42. The van der Waals surface area contributed by atoms with Crippen LogP contribution in [-0.4, -0.2) is 22.7 Å². The molecule has 0 saturated heterocycles. The van der Waals surface area contributed by atoms with Crippen LogP contribution in [0.3, 0.4) is 0 Å². The van der Waals surface area contributed by atoms with Gasteiger partial charge in [0.15, 0.2) is 0 Å². The summed E-state index contributed by atoms with van der Waals surface area (Å²) in [5.74, 6) is 0.815. The van der Waals surface area contributed by atoms with Crippen molar-refractivity contribution in [3.63, 3.8) is 0 Å². The van der Waals surface area contributed by atoms with Gasteiger partial charge in [0.25, 0.3) is 0 Å². The Bertz CT molecular complexity index is 41.4. The molecule has 0 aromatic rings. The molecule has 0 aliphatic rings.